The average Bonchev–Trinajstić information content (AvgIpc) is 3.19. The highest BCUT2D eigenvalue weighted by atomic mass is 16.3. The second-order valence-corrected chi connectivity index (χ2v) is 7.88. The largest absolute Gasteiger partial charge is 0.390 e. The summed E-state index contributed by atoms with van der Waals surface area (Å²) in [6.07, 6.45) is 4.60. The Hall–Kier alpha value is -2.99. The first-order chi connectivity index (χ1) is 14.6. The van der Waals surface area contributed by atoms with Crippen molar-refractivity contribution in [3.63, 3.8) is 0 Å². The lowest BCUT2D eigenvalue weighted by Crippen LogP contribution is -2.38. The van der Waals surface area contributed by atoms with Crippen molar-refractivity contribution in [2.24, 2.45) is 7.05 Å². The highest BCUT2D eigenvalue weighted by Gasteiger charge is 2.26. The summed E-state index contributed by atoms with van der Waals surface area (Å²) in [7, 11) is 1.89. The van der Waals surface area contributed by atoms with E-state index < -0.39 is 0 Å². The lowest BCUT2D eigenvalue weighted by atomic mass is 9.88. The highest BCUT2D eigenvalue weighted by molar-refractivity contribution is 5.92. The van der Waals surface area contributed by atoms with Crippen LogP contribution >= 0.6 is 0 Å². The van der Waals surface area contributed by atoms with Gasteiger partial charge in [-0.3, -0.25) is 14.5 Å². The van der Waals surface area contributed by atoms with Crippen LogP contribution in [0.4, 0.5) is 0 Å². The molecule has 0 spiro atoms. The predicted octanol–water partition coefficient (Wildman–Crippen LogP) is 3.56. The molecule has 156 valence electrons. The molecule has 0 radical (unpaired) electrons. The van der Waals surface area contributed by atoms with Crippen LogP contribution in [-0.4, -0.2) is 43.8 Å². The Labute approximate surface area is 177 Å². The van der Waals surface area contributed by atoms with Gasteiger partial charge < -0.3 is 10.0 Å². The van der Waals surface area contributed by atoms with Crippen molar-refractivity contribution in [2.45, 2.75) is 38.7 Å². The fourth-order valence-corrected chi connectivity index (χ4v) is 4.16. The van der Waals surface area contributed by atoms with E-state index in [2.05, 4.69) is 41.3 Å². The molecule has 4 rings (SSSR count). The Morgan fingerprint density at radius 3 is 2.37 bits per heavy atom. The minimum Gasteiger partial charge on any atom is -0.390 e. The Kier molecular flexibility index (Phi) is 5.95. The summed E-state index contributed by atoms with van der Waals surface area (Å²) in [5, 5.41) is 13.5. The number of benzene rings is 1. The third-order valence-corrected chi connectivity index (χ3v) is 6.04. The van der Waals surface area contributed by atoms with Gasteiger partial charge in [0.05, 0.1) is 12.3 Å². The number of rotatable bonds is 5. The molecule has 0 atom stereocenters. The van der Waals surface area contributed by atoms with E-state index in [1.165, 1.54) is 5.56 Å². The first-order valence-electron chi connectivity index (χ1n) is 10.6. The number of aryl methyl sites for hydroxylation is 2. The Morgan fingerprint density at radius 2 is 1.80 bits per heavy atom. The number of aliphatic hydroxyl groups is 1. The van der Waals surface area contributed by atoms with E-state index in [-0.39, 0.29) is 12.5 Å². The van der Waals surface area contributed by atoms with Gasteiger partial charge in [0.15, 0.2) is 5.69 Å². The molecule has 3 aromatic rings. The number of likely N-dealkylation sites (tertiary alicyclic amines) is 1. The van der Waals surface area contributed by atoms with Gasteiger partial charge in [-0.1, -0.05) is 37.3 Å². The van der Waals surface area contributed by atoms with E-state index in [1.54, 1.807) is 10.9 Å². The van der Waals surface area contributed by atoms with E-state index in [9.17, 15) is 4.79 Å². The average molecular weight is 405 g/mol. The van der Waals surface area contributed by atoms with Gasteiger partial charge in [0.2, 0.25) is 0 Å². The molecule has 1 aliphatic rings. The highest BCUT2D eigenvalue weighted by Crippen LogP contribution is 2.30. The van der Waals surface area contributed by atoms with Crippen LogP contribution in [0.2, 0.25) is 0 Å². The SMILES string of the molecule is CCc1cc(C(=O)N2CCC(c3ccc(-c4ccc(CO)nc4)cc3)CC2)nn1C. The van der Waals surface area contributed by atoms with Gasteiger partial charge >= 0.3 is 0 Å². The van der Waals surface area contributed by atoms with E-state index in [0.29, 0.717) is 17.3 Å². The molecule has 30 heavy (non-hydrogen) atoms. The molecule has 0 unspecified atom stereocenters. The van der Waals surface area contributed by atoms with Gasteiger partial charge in [-0.05, 0) is 48.4 Å². The van der Waals surface area contributed by atoms with E-state index in [4.69, 9.17) is 5.11 Å². The van der Waals surface area contributed by atoms with Gasteiger partial charge in [-0.15, -0.1) is 0 Å². The van der Waals surface area contributed by atoms with Crippen molar-refractivity contribution in [1.29, 1.82) is 0 Å². The first-order valence-corrected chi connectivity index (χ1v) is 10.6. The van der Waals surface area contributed by atoms with Crippen molar-refractivity contribution in [3.8, 4) is 11.1 Å². The van der Waals surface area contributed by atoms with Crippen molar-refractivity contribution in [3.05, 3.63) is 71.3 Å². The number of amides is 1. The normalized spacial score (nSPS) is 14.8. The summed E-state index contributed by atoms with van der Waals surface area (Å²) >= 11 is 0. The number of carbonyl (C=O) groups excluding carboxylic acids is 1. The van der Waals surface area contributed by atoms with Crippen molar-refractivity contribution in [1.82, 2.24) is 19.7 Å². The zero-order valence-corrected chi connectivity index (χ0v) is 17.6. The molecule has 2 aromatic heterocycles. The van der Waals surface area contributed by atoms with E-state index >= 15 is 0 Å². The van der Waals surface area contributed by atoms with Crippen molar-refractivity contribution < 1.29 is 9.90 Å². The smallest absolute Gasteiger partial charge is 0.274 e. The molecule has 1 aliphatic heterocycles. The maximum Gasteiger partial charge on any atom is 0.274 e. The molecular weight excluding hydrogens is 376 g/mol. The molecule has 3 heterocycles. The number of piperidine rings is 1. The first kappa shape index (κ1) is 20.3. The lowest BCUT2D eigenvalue weighted by Gasteiger charge is -2.32. The Bertz CT molecular complexity index is 1000. The number of carbonyl (C=O) groups is 1. The van der Waals surface area contributed by atoms with Crippen LogP contribution in [0, 0.1) is 0 Å². The molecule has 1 amide bonds. The van der Waals surface area contributed by atoms with Gasteiger partial charge in [-0.2, -0.15) is 5.10 Å². The number of hydrogen-bond donors (Lipinski definition) is 1. The summed E-state index contributed by atoms with van der Waals surface area (Å²) in [6.45, 7) is 3.55. The van der Waals surface area contributed by atoms with Gasteiger partial charge in [-0.25, -0.2) is 0 Å². The molecule has 1 fully saturated rings. The topological polar surface area (TPSA) is 71.2 Å². The maximum absolute atomic E-state index is 12.8. The summed E-state index contributed by atoms with van der Waals surface area (Å²) in [5.74, 6) is 0.505. The monoisotopic (exact) mass is 404 g/mol. The second-order valence-electron chi connectivity index (χ2n) is 7.88. The van der Waals surface area contributed by atoms with Gasteiger partial charge in [0.25, 0.3) is 5.91 Å². The predicted molar refractivity (Wildman–Crippen MR) is 116 cm³/mol. The number of pyridine rings is 1. The van der Waals surface area contributed by atoms with Crippen molar-refractivity contribution in [2.75, 3.05) is 13.1 Å². The van der Waals surface area contributed by atoms with Crippen LogP contribution in [0.1, 0.15) is 53.1 Å². The van der Waals surface area contributed by atoms with Crippen LogP contribution in [0.5, 0.6) is 0 Å². The maximum atomic E-state index is 12.8. The van der Waals surface area contributed by atoms with Gasteiger partial charge in [0.1, 0.15) is 0 Å². The molecule has 0 saturated carbocycles. The van der Waals surface area contributed by atoms with Crippen LogP contribution < -0.4 is 0 Å². The molecule has 1 aromatic carbocycles. The second kappa shape index (κ2) is 8.79. The number of aliphatic hydroxyl groups excluding tert-OH is 1. The number of hydrogen-bond acceptors (Lipinski definition) is 4. The van der Waals surface area contributed by atoms with Crippen LogP contribution in [-0.2, 0) is 20.1 Å². The fourth-order valence-electron chi connectivity index (χ4n) is 4.16. The Morgan fingerprint density at radius 1 is 1.10 bits per heavy atom. The minimum atomic E-state index is -0.0412. The Balaban J connectivity index is 1.38. The summed E-state index contributed by atoms with van der Waals surface area (Å²) in [4.78, 5) is 19.0. The molecule has 0 aliphatic carbocycles. The van der Waals surface area contributed by atoms with Crippen LogP contribution in [0.15, 0.2) is 48.7 Å². The molecule has 1 saturated heterocycles. The molecule has 6 nitrogen and oxygen atoms in total. The van der Waals surface area contributed by atoms with Crippen LogP contribution in [0.3, 0.4) is 0 Å². The van der Waals surface area contributed by atoms with E-state index in [0.717, 1.165) is 49.2 Å². The molecular formula is C24H28N4O2. The lowest BCUT2D eigenvalue weighted by molar-refractivity contribution is 0.0706. The fraction of sp³-hybridized carbons (Fsp3) is 0.375. The summed E-state index contributed by atoms with van der Waals surface area (Å²) in [6, 6.07) is 14.4. The number of nitrogens with zero attached hydrogens (tertiary/aromatic N) is 4. The van der Waals surface area contributed by atoms with Crippen molar-refractivity contribution >= 4 is 5.91 Å². The molecule has 6 heteroatoms. The van der Waals surface area contributed by atoms with E-state index in [1.807, 2.05) is 30.1 Å². The third-order valence-electron chi connectivity index (χ3n) is 6.04. The van der Waals surface area contributed by atoms with Gasteiger partial charge in [0, 0.05) is 37.6 Å². The summed E-state index contributed by atoms with van der Waals surface area (Å²) in [5.41, 5.74) is 5.78. The van der Waals surface area contributed by atoms with Crippen LogP contribution in [0.25, 0.3) is 11.1 Å². The summed E-state index contributed by atoms with van der Waals surface area (Å²) < 4.78 is 1.80. The molecule has 1 N–H and O–H groups in total. The third kappa shape index (κ3) is 4.14. The minimum absolute atomic E-state index is 0.0397. The zero-order valence-electron chi connectivity index (χ0n) is 17.6. The molecule has 0 bridgehead atoms. The quantitative estimate of drug-likeness (QED) is 0.706. The zero-order chi connectivity index (χ0) is 21.1. The standard InChI is InChI=1S/C24H28N4O2/c1-3-22-14-23(26-27(22)2)24(30)28-12-10-19(11-13-28)17-4-6-18(7-5-17)20-8-9-21(16-29)25-15-20/h4-9,14-15,19,29H,3,10-13,16H2,1-2H3. The number of aromatic nitrogens is 3.